The zero-order valence-electron chi connectivity index (χ0n) is 21.7. The Bertz CT molecular complexity index is 1120. The number of anilines is 1. The highest BCUT2D eigenvalue weighted by Gasteiger charge is 2.43. The van der Waals surface area contributed by atoms with Crippen LogP contribution in [-0.2, 0) is 20.9 Å². The number of hydrogen-bond donors (Lipinski definition) is 1. The summed E-state index contributed by atoms with van der Waals surface area (Å²) in [5.74, 6) is -3.59. The molecule has 0 spiro atoms. The lowest BCUT2D eigenvalue weighted by Crippen LogP contribution is -2.62. The van der Waals surface area contributed by atoms with E-state index in [1.165, 1.54) is 29.3 Å². The van der Waals surface area contributed by atoms with Crippen LogP contribution in [0.4, 0.5) is 14.5 Å². The Kier molecular flexibility index (Phi) is 9.68. The molecule has 1 aromatic heterocycles. The molecule has 204 valence electrons. The number of likely N-dealkylation sites (N-methyl/N-ethyl adjacent to an activating group) is 1. The molecule has 2 atom stereocenters. The van der Waals surface area contributed by atoms with Crippen molar-refractivity contribution >= 4 is 42.3 Å². The number of hydrogen-bond acceptors (Lipinski definition) is 5. The van der Waals surface area contributed by atoms with Crippen LogP contribution in [0.15, 0.2) is 42.6 Å². The third-order valence-corrected chi connectivity index (χ3v) is 6.89. The molecule has 2 aliphatic rings. The smallest absolute Gasteiger partial charge is 0.314 e. The number of pyridine rings is 1. The molecule has 1 saturated heterocycles. The Balaban J connectivity index is 0.00000241. The summed E-state index contributed by atoms with van der Waals surface area (Å²) in [4.78, 5) is 35.4. The Morgan fingerprint density at radius 3 is 2.46 bits per heavy atom. The molecule has 7 nitrogen and oxygen atoms in total. The predicted molar refractivity (Wildman–Crippen MR) is 145 cm³/mol. The van der Waals surface area contributed by atoms with Gasteiger partial charge in [-0.15, -0.1) is 24.8 Å². The summed E-state index contributed by atoms with van der Waals surface area (Å²) in [5.41, 5.74) is 0.234. The maximum absolute atomic E-state index is 15.3. The van der Waals surface area contributed by atoms with E-state index in [1.54, 1.807) is 37.2 Å². The van der Waals surface area contributed by atoms with Crippen LogP contribution in [0, 0.1) is 0 Å². The zero-order valence-corrected chi connectivity index (χ0v) is 23.3. The molecular formula is C26H35Cl2F2N5O2. The lowest BCUT2D eigenvalue weighted by atomic mass is 9.88. The number of carbonyl (C=O) groups excluding carboxylic acids is 2. The number of piperazine rings is 1. The molecule has 37 heavy (non-hydrogen) atoms. The van der Waals surface area contributed by atoms with E-state index in [9.17, 15) is 9.59 Å². The number of nitrogens with one attached hydrogen (secondary N) is 1. The van der Waals surface area contributed by atoms with E-state index < -0.39 is 23.1 Å². The number of rotatable bonds is 5. The predicted octanol–water partition coefficient (Wildman–Crippen LogP) is 3.44. The van der Waals surface area contributed by atoms with Gasteiger partial charge >= 0.3 is 5.92 Å². The first kappa shape index (κ1) is 30.9. The van der Waals surface area contributed by atoms with Crippen LogP contribution in [0.2, 0.25) is 0 Å². The molecule has 1 aromatic carbocycles. The minimum absolute atomic E-state index is 0. The number of benzene rings is 1. The highest BCUT2D eigenvalue weighted by atomic mass is 35.5. The van der Waals surface area contributed by atoms with Crippen molar-refractivity contribution in [2.45, 2.75) is 44.2 Å². The Morgan fingerprint density at radius 1 is 1.19 bits per heavy atom. The van der Waals surface area contributed by atoms with Gasteiger partial charge in [0.05, 0.1) is 12.2 Å². The first-order valence-electron chi connectivity index (χ1n) is 11.8. The van der Waals surface area contributed by atoms with Crippen LogP contribution >= 0.6 is 24.8 Å². The maximum atomic E-state index is 15.3. The average Bonchev–Trinajstić information content (AvgIpc) is 3.09. The molecule has 2 aliphatic heterocycles. The molecule has 1 fully saturated rings. The number of nitrogens with zero attached hydrogens (tertiary/aromatic N) is 4. The van der Waals surface area contributed by atoms with Gasteiger partial charge in [-0.05, 0) is 13.0 Å². The number of aromatic nitrogens is 1. The van der Waals surface area contributed by atoms with Gasteiger partial charge in [-0.3, -0.25) is 19.5 Å². The van der Waals surface area contributed by atoms with Crippen LogP contribution in [0.1, 0.15) is 37.6 Å². The number of amides is 2. The van der Waals surface area contributed by atoms with Gasteiger partial charge in [-0.2, -0.15) is 8.78 Å². The Morgan fingerprint density at radius 2 is 1.84 bits per heavy atom. The maximum Gasteiger partial charge on any atom is 0.314 e. The van der Waals surface area contributed by atoms with Crippen molar-refractivity contribution in [1.29, 1.82) is 0 Å². The summed E-state index contributed by atoms with van der Waals surface area (Å²) < 4.78 is 30.6. The number of fused-ring (bicyclic) bond motifs is 1. The summed E-state index contributed by atoms with van der Waals surface area (Å²) in [6.07, 6.45) is 1.47. The Labute approximate surface area is 229 Å². The first-order chi connectivity index (χ1) is 16.4. The molecule has 0 bridgehead atoms. The molecule has 4 rings (SSSR count). The van der Waals surface area contributed by atoms with Gasteiger partial charge < -0.3 is 15.1 Å². The molecular weight excluding hydrogens is 523 g/mol. The monoisotopic (exact) mass is 557 g/mol. The van der Waals surface area contributed by atoms with Gasteiger partial charge in [-0.1, -0.05) is 44.2 Å². The van der Waals surface area contributed by atoms with Crippen molar-refractivity contribution in [2.24, 2.45) is 0 Å². The molecule has 11 heteroatoms. The van der Waals surface area contributed by atoms with Crippen molar-refractivity contribution in [3.05, 3.63) is 59.4 Å². The highest BCUT2D eigenvalue weighted by molar-refractivity contribution is 5.98. The van der Waals surface area contributed by atoms with Gasteiger partial charge in [-0.25, -0.2) is 0 Å². The Hall–Kier alpha value is -2.33. The number of carbonyl (C=O) groups is 2. The summed E-state index contributed by atoms with van der Waals surface area (Å²) in [6.45, 7) is 7.32. The molecule has 0 aliphatic carbocycles. The van der Waals surface area contributed by atoms with Crippen molar-refractivity contribution in [3.8, 4) is 0 Å². The molecule has 0 saturated carbocycles. The fraction of sp³-hybridized carbons (Fsp3) is 0.500. The van der Waals surface area contributed by atoms with Crippen LogP contribution < -0.4 is 10.2 Å². The third-order valence-electron chi connectivity index (χ3n) is 6.89. The fourth-order valence-corrected chi connectivity index (χ4v) is 4.91. The lowest BCUT2D eigenvalue weighted by Gasteiger charge is -2.39. The second kappa shape index (κ2) is 11.6. The van der Waals surface area contributed by atoms with E-state index in [0.717, 1.165) is 5.56 Å². The molecule has 1 N–H and O–H groups in total. The molecule has 3 heterocycles. The third kappa shape index (κ3) is 6.06. The van der Waals surface area contributed by atoms with Crippen molar-refractivity contribution < 1.29 is 18.4 Å². The summed E-state index contributed by atoms with van der Waals surface area (Å²) in [6, 6.07) is 8.56. The standard InChI is InChI=1S/C26H33F2N5O2.2ClH/c1-17-14-32(21(13-29-17)24(35)31(4)5)15-23(34)33-16-25(2,3)19-12-30-22(11-20(19)33)26(27,28)18-9-7-6-8-10-18;;/h6-12,17,21,29H,13-16H2,1-5H3;2*1H/t17-,21-;;/m1../s1. The van der Waals surface area contributed by atoms with Crippen molar-refractivity contribution in [1.82, 2.24) is 20.1 Å². The summed E-state index contributed by atoms with van der Waals surface area (Å²) in [7, 11) is 3.39. The van der Waals surface area contributed by atoms with Crippen molar-refractivity contribution in [3.63, 3.8) is 0 Å². The van der Waals surface area contributed by atoms with Gasteiger partial charge in [0.1, 0.15) is 11.7 Å². The summed E-state index contributed by atoms with van der Waals surface area (Å²) >= 11 is 0. The van der Waals surface area contributed by atoms with Crippen molar-refractivity contribution in [2.75, 3.05) is 45.2 Å². The quantitative estimate of drug-likeness (QED) is 0.609. The van der Waals surface area contributed by atoms with Crippen LogP contribution in [0.3, 0.4) is 0 Å². The first-order valence-corrected chi connectivity index (χ1v) is 11.8. The largest absolute Gasteiger partial charge is 0.347 e. The number of halogens is 4. The van der Waals surface area contributed by atoms with E-state index in [2.05, 4.69) is 10.3 Å². The second-order valence-electron chi connectivity index (χ2n) is 10.4. The van der Waals surface area contributed by atoms with E-state index in [-0.39, 0.29) is 54.8 Å². The molecule has 2 aromatic rings. The highest BCUT2D eigenvalue weighted by Crippen LogP contribution is 2.43. The van der Waals surface area contributed by atoms with Gasteiger partial charge in [0.2, 0.25) is 11.8 Å². The molecule has 0 unspecified atom stereocenters. The SMILES string of the molecule is C[C@@H]1CN(CC(=O)N2CC(C)(C)c3cnc(C(F)(F)c4ccccc4)cc32)[C@@H](C(=O)N(C)C)CN1.Cl.Cl. The van der Waals surface area contributed by atoms with E-state index >= 15 is 8.78 Å². The molecule has 2 amide bonds. The zero-order chi connectivity index (χ0) is 25.5. The van der Waals surface area contributed by atoms with Crippen LogP contribution in [-0.4, -0.2) is 79.0 Å². The van der Waals surface area contributed by atoms with Crippen LogP contribution in [0.5, 0.6) is 0 Å². The lowest BCUT2D eigenvalue weighted by molar-refractivity contribution is -0.136. The van der Waals surface area contributed by atoms with Gasteiger partial charge in [0, 0.05) is 62.5 Å². The average molecular weight is 559 g/mol. The van der Waals surface area contributed by atoms with E-state index in [1.807, 2.05) is 25.7 Å². The second-order valence-corrected chi connectivity index (χ2v) is 10.4. The van der Waals surface area contributed by atoms with Gasteiger partial charge in [0.15, 0.2) is 0 Å². The number of alkyl halides is 2. The molecule has 0 radical (unpaired) electrons. The van der Waals surface area contributed by atoms with Crippen LogP contribution in [0.25, 0.3) is 0 Å². The van der Waals surface area contributed by atoms with E-state index in [0.29, 0.717) is 25.3 Å². The van der Waals surface area contributed by atoms with E-state index in [4.69, 9.17) is 0 Å². The minimum atomic E-state index is -3.30. The topological polar surface area (TPSA) is 68.8 Å². The fourth-order valence-electron chi connectivity index (χ4n) is 4.91. The minimum Gasteiger partial charge on any atom is -0.347 e. The normalized spacial score (nSPS) is 20.9. The van der Waals surface area contributed by atoms with Gasteiger partial charge in [0.25, 0.3) is 0 Å². The summed E-state index contributed by atoms with van der Waals surface area (Å²) in [5, 5.41) is 3.30.